The average molecular weight is 202 g/mol. The molecule has 0 aromatic carbocycles. The summed E-state index contributed by atoms with van der Waals surface area (Å²) in [6.07, 6.45) is 2.41. The maximum atomic E-state index is 11.0. The van der Waals surface area contributed by atoms with Crippen LogP contribution in [0.4, 0.5) is 0 Å². The van der Waals surface area contributed by atoms with E-state index in [1.807, 2.05) is 6.92 Å². The van der Waals surface area contributed by atoms with E-state index in [-0.39, 0.29) is 5.91 Å². The van der Waals surface area contributed by atoms with Crippen molar-refractivity contribution in [3.8, 4) is 0 Å². The van der Waals surface area contributed by atoms with Gasteiger partial charge in [-0.25, -0.2) is 0 Å². The topological polar surface area (TPSA) is 78.4 Å². The first-order valence-electron chi connectivity index (χ1n) is 4.85. The van der Waals surface area contributed by atoms with Crippen molar-refractivity contribution in [2.24, 2.45) is 0 Å². The molecule has 0 atom stereocenters. The van der Waals surface area contributed by atoms with Crippen molar-refractivity contribution in [1.82, 2.24) is 10.6 Å². The second-order valence-corrected chi connectivity index (χ2v) is 2.96. The molecular formula is C9H18N2O3. The zero-order valence-electron chi connectivity index (χ0n) is 8.51. The lowest BCUT2D eigenvalue weighted by Crippen LogP contribution is -2.35. The van der Waals surface area contributed by atoms with Crippen LogP contribution < -0.4 is 10.6 Å². The number of rotatable bonds is 7. The van der Waals surface area contributed by atoms with Crippen LogP contribution in [0.25, 0.3) is 0 Å². The first kappa shape index (κ1) is 12.9. The van der Waals surface area contributed by atoms with E-state index in [9.17, 15) is 9.59 Å². The van der Waals surface area contributed by atoms with E-state index in [1.165, 1.54) is 0 Å². The van der Waals surface area contributed by atoms with Crippen molar-refractivity contribution in [2.75, 3.05) is 19.7 Å². The molecule has 82 valence electrons. The summed E-state index contributed by atoms with van der Waals surface area (Å²) in [5.74, 6) is -0.419. The summed E-state index contributed by atoms with van der Waals surface area (Å²) >= 11 is 0. The van der Waals surface area contributed by atoms with Gasteiger partial charge in [0.15, 0.2) is 0 Å². The number of carbonyl (C=O) groups is 2. The zero-order valence-corrected chi connectivity index (χ0v) is 8.51. The van der Waals surface area contributed by atoms with Crippen LogP contribution in [0.5, 0.6) is 0 Å². The molecule has 0 aliphatic carbocycles. The Morgan fingerprint density at radius 3 is 2.21 bits per heavy atom. The maximum absolute atomic E-state index is 11.0. The number of aliphatic hydroxyl groups excluding tert-OH is 1. The third kappa shape index (κ3) is 7.54. The summed E-state index contributed by atoms with van der Waals surface area (Å²) in [6, 6.07) is 0. The van der Waals surface area contributed by atoms with E-state index in [4.69, 9.17) is 5.11 Å². The summed E-state index contributed by atoms with van der Waals surface area (Å²) in [5.41, 5.74) is 0. The molecule has 2 amide bonds. The lowest BCUT2D eigenvalue weighted by atomic mass is 10.2. The Bertz CT molecular complexity index is 183. The van der Waals surface area contributed by atoms with Crippen LogP contribution in [0.2, 0.25) is 0 Å². The SMILES string of the molecule is CCCCC(=O)NCCNC(=O)CO. The lowest BCUT2D eigenvalue weighted by molar-refractivity contribution is -0.124. The van der Waals surface area contributed by atoms with Crippen LogP contribution in [0.3, 0.4) is 0 Å². The molecule has 0 rings (SSSR count). The van der Waals surface area contributed by atoms with Gasteiger partial charge in [-0.05, 0) is 6.42 Å². The molecule has 14 heavy (non-hydrogen) atoms. The normalized spacial score (nSPS) is 9.57. The largest absolute Gasteiger partial charge is 0.387 e. The predicted octanol–water partition coefficient (Wildman–Crippen LogP) is -0.599. The summed E-state index contributed by atoms with van der Waals surface area (Å²) < 4.78 is 0. The van der Waals surface area contributed by atoms with Gasteiger partial charge >= 0.3 is 0 Å². The smallest absolute Gasteiger partial charge is 0.245 e. The molecule has 5 heteroatoms. The Morgan fingerprint density at radius 1 is 1.14 bits per heavy atom. The molecule has 0 spiro atoms. The third-order valence-corrected chi connectivity index (χ3v) is 1.67. The molecular weight excluding hydrogens is 184 g/mol. The van der Waals surface area contributed by atoms with E-state index in [0.29, 0.717) is 19.5 Å². The van der Waals surface area contributed by atoms with Crippen molar-refractivity contribution in [3.05, 3.63) is 0 Å². The van der Waals surface area contributed by atoms with Crippen LogP contribution in [0.15, 0.2) is 0 Å². The molecule has 5 nitrogen and oxygen atoms in total. The van der Waals surface area contributed by atoms with Gasteiger partial charge in [-0.2, -0.15) is 0 Å². The van der Waals surface area contributed by atoms with Crippen LogP contribution in [-0.4, -0.2) is 36.6 Å². The Kier molecular flexibility index (Phi) is 7.83. The summed E-state index contributed by atoms with van der Waals surface area (Å²) in [4.78, 5) is 21.6. The second-order valence-electron chi connectivity index (χ2n) is 2.96. The van der Waals surface area contributed by atoms with Gasteiger partial charge in [0.25, 0.3) is 0 Å². The molecule has 3 N–H and O–H groups in total. The Morgan fingerprint density at radius 2 is 1.71 bits per heavy atom. The summed E-state index contributed by atoms with van der Waals surface area (Å²) in [5, 5.41) is 13.5. The minimum atomic E-state index is -0.510. The molecule has 0 radical (unpaired) electrons. The van der Waals surface area contributed by atoms with Crippen LogP contribution in [0.1, 0.15) is 26.2 Å². The summed E-state index contributed by atoms with van der Waals surface area (Å²) in [6.45, 7) is 2.28. The molecule has 0 aliphatic rings. The number of amides is 2. The van der Waals surface area contributed by atoms with E-state index in [0.717, 1.165) is 12.8 Å². The van der Waals surface area contributed by atoms with Crippen molar-refractivity contribution < 1.29 is 14.7 Å². The van der Waals surface area contributed by atoms with E-state index in [1.54, 1.807) is 0 Å². The number of hydrogen-bond acceptors (Lipinski definition) is 3. The minimum Gasteiger partial charge on any atom is -0.387 e. The average Bonchev–Trinajstić information content (AvgIpc) is 2.21. The van der Waals surface area contributed by atoms with E-state index < -0.39 is 12.5 Å². The van der Waals surface area contributed by atoms with E-state index >= 15 is 0 Å². The second kappa shape index (κ2) is 8.50. The molecule has 0 saturated carbocycles. The van der Waals surface area contributed by atoms with Crippen molar-refractivity contribution >= 4 is 11.8 Å². The highest BCUT2D eigenvalue weighted by Crippen LogP contribution is 1.92. The van der Waals surface area contributed by atoms with Crippen LogP contribution in [-0.2, 0) is 9.59 Å². The van der Waals surface area contributed by atoms with Crippen molar-refractivity contribution in [3.63, 3.8) is 0 Å². The highest BCUT2D eigenvalue weighted by molar-refractivity contribution is 5.77. The first-order valence-corrected chi connectivity index (χ1v) is 4.85. The fourth-order valence-corrected chi connectivity index (χ4v) is 0.885. The van der Waals surface area contributed by atoms with Crippen LogP contribution >= 0.6 is 0 Å². The lowest BCUT2D eigenvalue weighted by Gasteiger charge is -2.05. The van der Waals surface area contributed by atoms with Gasteiger partial charge < -0.3 is 15.7 Å². The molecule has 0 heterocycles. The first-order chi connectivity index (χ1) is 6.70. The highest BCUT2D eigenvalue weighted by Gasteiger charge is 2.00. The maximum Gasteiger partial charge on any atom is 0.245 e. The molecule has 0 aliphatic heterocycles. The number of nitrogens with one attached hydrogen (secondary N) is 2. The standard InChI is InChI=1S/C9H18N2O3/c1-2-3-4-8(13)10-5-6-11-9(14)7-12/h12H,2-7H2,1H3,(H,10,13)(H,11,14). The number of unbranched alkanes of at least 4 members (excludes halogenated alkanes) is 1. The Hall–Kier alpha value is -1.10. The fraction of sp³-hybridized carbons (Fsp3) is 0.778. The number of carbonyl (C=O) groups excluding carboxylic acids is 2. The third-order valence-electron chi connectivity index (χ3n) is 1.67. The highest BCUT2D eigenvalue weighted by atomic mass is 16.3. The van der Waals surface area contributed by atoms with Gasteiger partial charge in [0.2, 0.25) is 11.8 Å². The fourth-order valence-electron chi connectivity index (χ4n) is 0.885. The Balaban J connectivity index is 3.27. The molecule has 0 unspecified atom stereocenters. The van der Waals surface area contributed by atoms with Gasteiger partial charge in [0, 0.05) is 19.5 Å². The minimum absolute atomic E-state index is 0.00472. The molecule has 0 fully saturated rings. The quantitative estimate of drug-likeness (QED) is 0.482. The molecule has 0 bridgehead atoms. The van der Waals surface area contributed by atoms with Crippen LogP contribution in [0, 0.1) is 0 Å². The zero-order chi connectivity index (χ0) is 10.8. The van der Waals surface area contributed by atoms with Gasteiger partial charge in [-0.3, -0.25) is 9.59 Å². The van der Waals surface area contributed by atoms with Gasteiger partial charge in [-0.15, -0.1) is 0 Å². The molecule has 0 saturated heterocycles. The monoisotopic (exact) mass is 202 g/mol. The van der Waals surface area contributed by atoms with Crippen molar-refractivity contribution in [2.45, 2.75) is 26.2 Å². The predicted molar refractivity (Wildman–Crippen MR) is 52.6 cm³/mol. The number of hydrogen-bond donors (Lipinski definition) is 3. The molecule has 0 aromatic heterocycles. The van der Waals surface area contributed by atoms with Gasteiger partial charge in [0.1, 0.15) is 6.61 Å². The van der Waals surface area contributed by atoms with Crippen molar-refractivity contribution in [1.29, 1.82) is 0 Å². The van der Waals surface area contributed by atoms with Gasteiger partial charge in [-0.1, -0.05) is 13.3 Å². The van der Waals surface area contributed by atoms with E-state index in [2.05, 4.69) is 10.6 Å². The summed E-state index contributed by atoms with van der Waals surface area (Å²) in [7, 11) is 0. The number of aliphatic hydroxyl groups is 1. The van der Waals surface area contributed by atoms with Gasteiger partial charge in [0.05, 0.1) is 0 Å². The molecule has 0 aromatic rings. The Labute approximate surface area is 83.9 Å².